The number of allylic oxidation sites excluding steroid dienone is 1. The fraction of sp³-hybridized carbons (Fsp3) is 0.250. The van der Waals surface area contributed by atoms with Crippen molar-refractivity contribution in [2.75, 3.05) is 0 Å². The lowest BCUT2D eigenvalue weighted by Gasteiger charge is -2.06. The predicted octanol–water partition coefficient (Wildman–Crippen LogP) is -0.649. The molecule has 1 aliphatic rings. The molecule has 0 aliphatic carbocycles. The second-order valence-electron chi connectivity index (χ2n) is 1.30. The normalized spacial score (nSPS) is 26.6. The number of aliphatic imine (C=N–C) groups is 1. The minimum atomic E-state index is -1.11. The van der Waals surface area contributed by atoms with E-state index < -0.39 is 6.35 Å². The van der Waals surface area contributed by atoms with Crippen LogP contribution in [0, 0.1) is 0 Å². The summed E-state index contributed by atoms with van der Waals surface area (Å²) in [4.78, 5) is 3.41. The highest BCUT2D eigenvalue weighted by molar-refractivity contribution is 5.72. The Morgan fingerprint density at radius 3 is 2.75 bits per heavy atom. The molecule has 0 bridgehead atoms. The van der Waals surface area contributed by atoms with Crippen LogP contribution in [0.4, 0.5) is 0 Å². The highest BCUT2D eigenvalue weighted by atomic mass is 16.3. The van der Waals surface area contributed by atoms with Gasteiger partial charge in [-0.15, -0.1) is 0 Å². The van der Waals surface area contributed by atoms with Crippen molar-refractivity contribution in [1.29, 1.82) is 0 Å². The van der Waals surface area contributed by atoms with Gasteiger partial charge >= 0.3 is 0 Å². The Morgan fingerprint density at radius 1 is 1.62 bits per heavy atom. The molecule has 0 saturated carbocycles. The zero-order valence-electron chi connectivity index (χ0n) is 4.02. The van der Waals surface area contributed by atoms with E-state index in [1.165, 1.54) is 12.3 Å². The van der Waals surface area contributed by atoms with E-state index in [0.29, 0.717) is 0 Å². The first-order valence-electron chi connectivity index (χ1n) is 2.10. The maximum atomic E-state index is 8.52. The predicted molar refractivity (Wildman–Crippen MR) is 27.3 cm³/mol. The molecule has 1 rings (SSSR count). The fourth-order valence-corrected chi connectivity index (χ4v) is 0.381. The van der Waals surface area contributed by atoms with E-state index in [4.69, 9.17) is 10.2 Å². The number of hydrogen-bond donors (Lipinski definition) is 2. The molecule has 0 aromatic carbocycles. The van der Waals surface area contributed by atoms with E-state index in [0.717, 1.165) is 0 Å². The number of aliphatic hydroxyl groups is 2. The standard InChI is InChI=1S/C4H5N2O2/c7-3-1-2-5-4(8)6-3/h1-2,4,7-8H. The van der Waals surface area contributed by atoms with E-state index >= 15 is 0 Å². The lowest BCUT2D eigenvalue weighted by atomic mass is 10.5. The first kappa shape index (κ1) is 5.11. The van der Waals surface area contributed by atoms with Gasteiger partial charge in [0, 0.05) is 12.3 Å². The van der Waals surface area contributed by atoms with Crippen LogP contribution >= 0.6 is 0 Å². The van der Waals surface area contributed by atoms with Gasteiger partial charge in [0.2, 0.25) is 12.2 Å². The van der Waals surface area contributed by atoms with Crippen molar-refractivity contribution in [3.05, 3.63) is 12.0 Å². The zero-order chi connectivity index (χ0) is 5.98. The van der Waals surface area contributed by atoms with Crippen LogP contribution < -0.4 is 5.32 Å². The summed E-state index contributed by atoms with van der Waals surface area (Å²) in [7, 11) is 0. The highest BCUT2D eigenvalue weighted by Gasteiger charge is 2.05. The van der Waals surface area contributed by atoms with Gasteiger partial charge in [-0.25, -0.2) is 4.99 Å². The summed E-state index contributed by atoms with van der Waals surface area (Å²) in [5, 5.41) is 20.3. The van der Waals surface area contributed by atoms with Crippen LogP contribution in [0.5, 0.6) is 0 Å². The van der Waals surface area contributed by atoms with Crippen LogP contribution in [0.2, 0.25) is 0 Å². The molecule has 0 fully saturated rings. The molecule has 0 aromatic heterocycles. The molecule has 4 nitrogen and oxygen atoms in total. The summed E-state index contributed by atoms with van der Waals surface area (Å²) in [6.07, 6.45) is 1.49. The van der Waals surface area contributed by atoms with Gasteiger partial charge < -0.3 is 10.2 Å². The Kier molecular flexibility index (Phi) is 1.17. The Labute approximate surface area is 46.2 Å². The average molecular weight is 113 g/mol. The Balaban J connectivity index is 2.59. The molecule has 1 atom stereocenters. The van der Waals surface area contributed by atoms with Gasteiger partial charge in [0.1, 0.15) is 0 Å². The molecule has 1 radical (unpaired) electrons. The van der Waals surface area contributed by atoms with E-state index in [-0.39, 0.29) is 5.88 Å². The third kappa shape index (κ3) is 0.974. The summed E-state index contributed by atoms with van der Waals surface area (Å²) in [5.74, 6) is -0.187. The van der Waals surface area contributed by atoms with Gasteiger partial charge in [-0.05, 0) is 0 Å². The highest BCUT2D eigenvalue weighted by Crippen LogP contribution is 1.93. The summed E-state index contributed by atoms with van der Waals surface area (Å²) < 4.78 is 0. The first-order valence-corrected chi connectivity index (χ1v) is 2.10. The molecular weight excluding hydrogens is 108 g/mol. The molecule has 1 unspecified atom stereocenters. The van der Waals surface area contributed by atoms with Crippen LogP contribution in [-0.2, 0) is 0 Å². The zero-order valence-corrected chi connectivity index (χ0v) is 4.02. The van der Waals surface area contributed by atoms with Gasteiger partial charge in [0.25, 0.3) is 0 Å². The fourth-order valence-electron chi connectivity index (χ4n) is 0.381. The van der Waals surface area contributed by atoms with Crippen molar-refractivity contribution in [3.8, 4) is 0 Å². The lowest BCUT2D eigenvalue weighted by Crippen LogP contribution is -2.21. The molecule has 0 aromatic rings. The third-order valence-electron chi connectivity index (χ3n) is 0.691. The molecule has 8 heavy (non-hydrogen) atoms. The Hall–Kier alpha value is -1.03. The van der Waals surface area contributed by atoms with E-state index in [1.807, 2.05) is 0 Å². The first-order chi connectivity index (χ1) is 3.79. The van der Waals surface area contributed by atoms with Gasteiger partial charge in [-0.2, -0.15) is 5.32 Å². The third-order valence-corrected chi connectivity index (χ3v) is 0.691. The van der Waals surface area contributed by atoms with Crippen LogP contribution in [0.15, 0.2) is 17.0 Å². The molecule has 1 heterocycles. The van der Waals surface area contributed by atoms with Gasteiger partial charge in [-0.1, -0.05) is 0 Å². The minimum absolute atomic E-state index is 0.187. The van der Waals surface area contributed by atoms with Crippen molar-refractivity contribution < 1.29 is 10.2 Å². The monoisotopic (exact) mass is 113 g/mol. The van der Waals surface area contributed by atoms with Gasteiger partial charge in [0.05, 0.1) is 0 Å². The maximum absolute atomic E-state index is 8.52. The van der Waals surface area contributed by atoms with E-state index in [2.05, 4.69) is 10.3 Å². The lowest BCUT2D eigenvalue weighted by molar-refractivity contribution is 0.131. The Morgan fingerprint density at radius 2 is 2.38 bits per heavy atom. The minimum Gasteiger partial charge on any atom is -0.493 e. The summed E-state index contributed by atoms with van der Waals surface area (Å²) in [6.45, 7) is 0. The van der Waals surface area contributed by atoms with Crippen LogP contribution in [0.3, 0.4) is 0 Å². The van der Waals surface area contributed by atoms with Crippen molar-refractivity contribution in [3.63, 3.8) is 0 Å². The average Bonchev–Trinajstić information content (AvgIpc) is 1.64. The van der Waals surface area contributed by atoms with Crippen LogP contribution in [0.1, 0.15) is 0 Å². The maximum Gasteiger partial charge on any atom is 0.246 e. The number of hydrogen-bond acceptors (Lipinski definition) is 3. The summed E-state index contributed by atoms with van der Waals surface area (Å²) >= 11 is 0. The molecule has 2 N–H and O–H groups in total. The summed E-state index contributed by atoms with van der Waals surface area (Å²) in [5.41, 5.74) is 0. The second kappa shape index (κ2) is 1.83. The van der Waals surface area contributed by atoms with Gasteiger partial charge in [0.15, 0.2) is 0 Å². The van der Waals surface area contributed by atoms with Crippen molar-refractivity contribution in [2.24, 2.45) is 4.99 Å². The van der Waals surface area contributed by atoms with E-state index in [9.17, 15) is 0 Å². The number of rotatable bonds is 0. The van der Waals surface area contributed by atoms with Crippen molar-refractivity contribution >= 4 is 6.21 Å². The van der Waals surface area contributed by atoms with Crippen LogP contribution in [-0.4, -0.2) is 22.8 Å². The molecule has 0 spiro atoms. The number of nitrogens with zero attached hydrogens (tertiary/aromatic N) is 2. The molecule has 0 saturated heterocycles. The smallest absolute Gasteiger partial charge is 0.246 e. The molecular formula is C4H5N2O2. The quantitative estimate of drug-likeness (QED) is 0.438. The van der Waals surface area contributed by atoms with E-state index in [1.54, 1.807) is 0 Å². The SMILES string of the molecule is OC1=CC=NC(O)[N]1. The Bertz CT molecular complexity index is 141. The summed E-state index contributed by atoms with van der Waals surface area (Å²) in [6, 6.07) is 0. The van der Waals surface area contributed by atoms with Crippen molar-refractivity contribution in [1.82, 2.24) is 5.32 Å². The molecule has 43 valence electrons. The molecule has 0 amide bonds. The van der Waals surface area contributed by atoms with Crippen LogP contribution in [0.25, 0.3) is 0 Å². The molecule has 1 aliphatic heterocycles. The number of aliphatic hydroxyl groups excluding tert-OH is 2. The topological polar surface area (TPSA) is 66.9 Å². The second-order valence-corrected chi connectivity index (χ2v) is 1.30. The van der Waals surface area contributed by atoms with Gasteiger partial charge in [-0.3, -0.25) is 0 Å². The molecule has 4 heteroatoms. The largest absolute Gasteiger partial charge is 0.493 e. The van der Waals surface area contributed by atoms with Crippen molar-refractivity contribution in [2.45, 2.75) is 6.35 Å².